The molecule has 0 spiro atoms. The highest BCUT2D eigenvalue weighted by molar-refractivity contribution is 9.10. The first-order valence-electron chi connectivity index (χ1n) is 5.12. The second kappa shape index (κ2) is 5.05. The Morgan fingerprint density at radius 1 is 1.38 bits per heavy atom. The molecule has 2 atom stereocenters. The van der Waals surface area contributed by atoms with Gasteiger partial charge in [-0.15, -0.1) is 0 Å². The lowest BCUT2D eigenvalue weighted by atomic mass is 9.82. The molecule has 1 aromatic rings. The molecule has 0 aliphatic heterocycles. The van der Waals surface area contributed by atoms with E-state index in [2.05, 4.69) is 15.9 Å². The molecule has 3 N–H and O–H groups in total. The number of hydrogen-bond acceptors (Lipinski definition) is 2. The van der Waals surface area contributed by atoms with Gasteiger partial charge in [-0.2, -0.15) is 0 Å². The number of benzene rings is 1. The van der Waals surface area contributed by atoms with Crippen LogP contribution in [0.25, 0.3) is 0 Å². The quantitative estimate of drug-likeness (QED) is 0.878. The van der Waals surface area contributed by atoms with Crippen LogP contribution in [0.5, 0.6) is 0 Å². The van der Waals surface area contributed by atoms with Gasteiger partial charge in [0.25, 0.3) is 0 Å². The second-order valence-electron chi connectivity index (χ2n) is 5.00. The normalized spacial score (nSPS) is 15.9. The van der Waals surface area contributed by atoms with Crippen LogP contribution in [0.1, 0.15) is 32.4 Å². The third kappa shape index (κ3) is 3.20. The smallest absolute Gasteiger partial charge is 0.0781 e. The van der Waals surface area contributed by atoms with Crippen molar-refractivity contribution in [2.75, 3.05) is 0 Å². The molecule has 0 radical (unpaired) electrons. The average Bonchev–Trinajstić information content (AvgIpc) is 2.18. The minimum Gasteiger partial charge on any atom is -0.391 e. The standard InChI is InChI=1S/C12H17BrClNO/c1-12(2,3)11(16)10(15)8-6-7(14)4-5-9(8)13/h4-6,10-11,16H,15H2,1-3H3/t10-,11-/m0/s1. The maximum atomic E-state index is 10.1. The van der Waals surface area contributed by atoms with Crippen LogP contribution in [0.3, 0.4) is 0 Å². The molecule has 0 unspecified atom stereocenters. The van der Waals surface area contributed by atoms with Crippen molar-refractivity contribution in [3.05, 3.63) is 33.3 Å². The van der Waals surface area contributed by atoms with Crippen LogP contribution in [0.15, 0.2) is 22.7 Å². The van der Waals surface area contributed by atoms with Crippen LogP contribution < -0.4 is 5.73 Å². The van der Waals surface area contributed by atoms with E-state index >= 15 is 0 Å². The molecule has 0 aliphatic rings. The predicted molar refractivity (Wildman–Crippen MR) is 71.5 cm³/mol. The van der Waals surface area contributed by atoms with Gasteiger partial charge < -0.3 is 10.8 Å². The fourth-order valence-corrected chi connectivity index (χ4v) is 2.17. The Balaban J connectivity index is 3.05. The van der Waals surface area contributed by atoms with Gasteiger partial charge in [-0.25, -0.2) is 0 Å². The summed E-state index contributed by atoms with van der Waals surface area (Å²) in [5, 5.41) is 10.8. The summed E-state index contributed by atoms with van der Waals surface area (Å²) in [5.74, 6) is 0. The number of aliphatic hydroxyl groups excluding tert-OH is 1. The molecule has 0 amide bonds. The Morgan fingerprint density at radius 3 is 2.44 bits per heavy atom. The van der Waals surface area contributed by atoms with E-state index in [4.69, 9.17) is 17.3 Å². The summed E-state index contributed by atoms with van der Waals surface area (Å²) >= 11 is 9.34. The first-order chi connectivity index (χ1) is 7.23. The highest BCUT2D eigenvalue weighted by atomic mass is 79.9. The van der Waals surface area contributed by atoms with Gasteiger partial charge in [0.1, 0.15) is 0 Å². The number of aliphatic hydroxyl groups is 1. The number of halogens is 2. The maximum absolute atomic E-state index is 10.1. The van der Waals surface area contributed by atoms with Gasteiger partial charge in [0.2, 0.25) is 0 Å². The summed E-state index contributed by atoms with van der Waals surface area (Å²) in [7, 11) is 0. The van der Waals surface area contributed by atoms with E-state index in [1.54, 1.807) is 12.1 Å². The van der Waals surface area contributed by atoms with E-state index in [9.17, 15) is 5.11 Å². The maximum Gasteiger partial charge on any atom is 0.0781 e. The minimum absolute atomic E-state index is 0.263. The van der Waals surface area contributed by atoms with Gasteiger partial charge in [-0.1, -0.05) is 48.3 Å². The SMILES string of the molecule is CC(C)(C)[C@@H](O)[C@@H](N)c1cc(Cl)ccc1Br. The first kappa shape index (κ1) is 14.0. The van der Waals surface area contributed by atoms with Crippen molar-refractivity contribution in [1.82, 2.24) is 0 Å². The summed E-state index contributed by atoms with van der Waals surface area (Å²) in [6.45, 7) is 5.86. The summed E-state index contributed by atoms with van der Waals surface area (Å²) in [6, 6.07) is 4.96. The lowest BCUT2D eigenvalue weighted by molar-refractivity contribution is 0.0399. The largest absolute Gasteiger partial charge is 0.391 e. The molecule has 2 nitrogen and oxygen atoms in total. The van der Waals surface area contributed by atoms with Crippen LogP contribution in [0, 0.1) is 5.41 Å². The molecule has 0 aromatic heterocycles. The van der Waals surface area contributed by atoms with E-state index in [1.165, 1.54) is 0 Å². The Labute approximate surface area is 110 Å². The van der Waals surface area contributed by atoms with E-state index < -0.39 is 12.1 Å². The Morgan fingerprint density at radius 2 is 1.94 bits per heavy atom. The number of nitrogens with two attached hydrogens (primary N) is 1. The Bertz CT molecular complexity index is 376. The molecular formula is C12H17BrClNO. The van der Waals surface area contributed by atoms with Crippen molar-refractivity contribution >= 4 is 27.5 Å². The predicted octanol–water partition coefficient (Wildman–Crippen LogP) is 3.51. The van der Waals surface area contributed by atoms with Gasteiger partial charge >= 0.3 is 0 Å². The molecule has 1 aromatic carbocycles. The second-order valence-corrected chi connectivity index (χ2v) is 6.29. The molecular weight excluding hydrogens is 289 g/mol. The summed E-state index contributed by atoms with van der Waals surface area (Å²) in [5.41, 5.74) is 6.62. The molecule has 90 valence electrons. The lowest BCUT2D eigenvalue weighted by Gasteiger charge is -2.31. The summed E-state index contributed by atoms with van der Waals surface area (Å²) in [4.78, 5) is 0. The van der Waals surface area contributed by atoms with Crippen LogP contribution in [0.4, 0.5) is 0 Å². The van der Waals surface area contributed by atoms with Crippen LogP contribution in [-0.2, 0) is 0 Å². The Kier molecular flexibility index (Phi) is 4.41. The summed E-state index contributed by atoms with van der Waals surface area (Å²) in [6.07, 6.45) is -0.623. The van der Waals surface area contributed by atoms with Crippen LogP contribution in [-0.4, -0.2) is 11.2 Å². The molecule has 0 bridgehead atoms. The van der Waals surface area contributed by atoms with Crippen molar-refractivity contribution in [2.45, 2.75) is 32.9 Å². The van der Waals surface area contributed by atoms with Crippen LogP contribution in [0.2, 0.25) is 5.02 Å². The molecule has 0 heterocycles. The third-order valence-electron chi connectivity index (χ3n) is 2.54. The fraction of sp³-hybridized carbons (Fsp3) is 0.500. The number of hydrogen-bond donors (Lipinski definition) is 2. The minimum atomic E-state index is -0.623. The van der Waals surface area contributed by atoms with Crippen molar-refractivity contribution < 1.29 is 5.11 Å². The zero-order valence-electron chi connectivity index (χ0n) is 9.67. The molecule has 0 fully saturated rings. The molecule has 0 saturated heterocycles. The highest BCUT2D eigenvalue weighted by Crippen LogP contribution is 2.33. The number of rotatable bonds is 2. The van der Waals surface area contributed by atoms with E-state index in [-0.39, 0.29) is 5.41 Å². The molecule has 1 rings (SSSR count). The highest BCUT2D eigenvalue weighted by Gasteiger charge is 2.30. The van der Waals surface area contributed by atoms with E-state index in [1.807, 2.05) is 26.8 Å². The molecule has 16 heavy (non-hydrogen) atoms. The Hall–Kier alpha value is -0.0900. The van der Waals surface area contributed by atoms with Gasteiger partial charge in [-0.05, 0) is 29.2 Å². The zero-order chi connectivity index (χ0) is 12.5. The van der Waals surface area contributed by atoms with Crippen molar-refractivity contribution in [3.63, 3.8) is 0 Å². The van der Waals surface area contributed by atoms with Crippen molar-refractivity contribution in [1.29, 1.82) is 0 Å². The summed E-state index contributed by atoms with van der Waals surface area (Å²) < 4.78 is 0.868. The first-order valence-corrected chi connectivity index (χ1v) is 6.29. The van der Waals surface area contributed by atoms with Gasteiger partial charge in [0, 0.05) is 9.50 Å². The molecule has 0 aliphatic carbocycles. The molecule has 4 heteroatoms. The molecule has 0 saturated carbocycles. The van der Waals surface area contributed by atoms with Gasteiger partial charge in [-0.3, -0.25) is 0 Å². The van der Waals surface area contributed by atoms with Crippen LogP contribution >= 0.6 is 27.5 Å². The van der Waals surface area contributed by atoms with Gasteiger partial charge in [0.15, 0.2) is 0 Å². The van der Waals surface area contributed by atoms with Gasteiger partial charge in [0.05, 0.1) is 12.1 Å². The monoisotopic (exact) mass is 305 g/mol. The van der Waals surface area contributed by atoms with Crippen molar-refractivity contribution in [3.8, 4) is 0 Å². The van der Waals surface area contributed by atoms with E-state index in [0.717, 1.165) is 10.0 Å². The zero-order valence-corrected chi connectivity index (χ0v) is 12.0. The van der Waals surface area contributed by atoms with Crippen molar-refractivity contribution in [2.24, 2.45) is 11.1 Å². The average molecular weight is 307 g/mol. The lowest BCUT2D eigenvalue weighted by Crippen LogP contribution is -2.37. The fourth-order valence-electron chi connectivity index (χ4n) is 1.48. The third-order valence-corrected chi connectivity index (χ3v) is 3.50. The topological polar surface area (TPSA) is 46.2 Å². The van der Waals surface area contributed by atoms with E-state index in [0.29, 0.717) is 5.02 Å².